The van der Waals surface area contributed by atoms with Gasteiger partial charge >= 0.3 is 135 Å². The summed E-state index contributed by atoms with van der Waals surface area (Å²) in [5, 5.41) is 8.23. The largest absolute Gasteiger partial charge is 0.397 e. The van der Waals surface area contributed by atoms with Crippen molar-refractivity contribution in [3.63, 3.8) is 0 Å². The van der Waals surface area contributed by atoms with Crippen LogP contribution in [0.1, 0.15) is 124 Å². The Morgan fingerprint density at radius 2 is 0.709 bits per heavy atom. The van der Waals surface area contributed by atoms with Crippen LogP contribution in [0.25, 0.3) is 0 Å². The second-order valence-electron chi connectivity index (χ2n) is 32.8. The average Bonchev–Trinajstić information content (AvgIpc) is 1.49. The summed E-state index contributed by atoms with van der Waals surface area (Å²) in [7, 11) is -83.8. The van der Waals surface area contributed by atoms with Crippen LogP contribution in [0.15, 0.2) is 6.20 Å². The van der Waals surface area contributed by atoms with Gasteiger partial charge in [-0.1, -0.05) is 59.1 Å². The molecule has 29 atom stereocenters. The Morgan fingerprint density at radius 1 is 0.373 bits per heavy atom. The number of nitrogens with zero attached hydrogens (tertiary/aromatic N) is 3. The predicted molar refractivity (Wildman–Crippen MR) is 419 cm³/mol. The van der Waals surface area contributed by atoms with Crippen molar-refractivity contribution in [2.45, 2.75) is 260 Å². The van der Waals surface area contributed by atoms with Gasteiger partial charge in [-0.2, -0.15) is 109 Å². The summed E-state index contributed by atoms with van der Waals surface area (Å²) in [6, 6.07) is 0. The van der Waals surface area contributed by atoms with Gasteiger partial charge in [0.05, 0.1) is 51.9 Å². The third-order valence-corrected chi connectivity index (χ3v) is 29.5. The minimum atomic E-state index is -6.80. The van der Waals surface area contributed by atoms with Crippen molar-refractivity contribution < 1.29 is 266 Å². The maximum Gasteiger partial charge on any atom is 0.397 e. The molecule has 1 aromatic heterocycles. The van der Waals surface area contributed by atoms with Gasteiger partial charge in [0.2, 0.25) is 0 Å². The van der Waals surface area contributed by atoms with Gasteiger partial charge in [-0.25, -0.2) is 54.4 Å². The molecule has 0 radical (unpaired) electrons. The Bertz CT molecular complexity index is 5800. The van der Waals surface area contributed by atoms with Crippen LogP contribution in [0.3, 0.4) is 0 Å². The lowest BCUT2D eigenvalue weighted by Crippen LogP contribution is -2.69. The van der Waals surface area contributed by atoms with E-state index in [9.17, 15) is 169 Å². The van der Waals surface area contributed by atoms with E-state index in [-0.39, 0.29) is 31.1 Å². The molecule has 0 spiro atoms. The lowest BCUT2D eigenvalue weighted by molar-refractivity contribution is -0.379. The van der Waals surface area contributed by atoms with E-state index >= 15 is 0 Å². The molecular formula is C57H97N3O61S13. The van der Waals surface area contributed by atoms with E-state index in [1.165, 1.54) is 49.4 Å². The summed E-state index contributed by atoms with van der Waals surface area (Å²) in [5.41, 5.74) is 0.712. The molecule has 4 saturated carbocycles. The molecule has 64 nitrogen and oxygen atoms in total. The minimum Gasteiger partial charge on any atom is -0.372 e. The third-order valence-electron chi connectivity index (χ3n) is 23.5. The molecule has 0 aromatic carbocycles. The molecule has 4 aliphatic heterocycles. The number of fused-ring (bicyclic) bond motifs is 5. The number of hydrogen-bond acceptors (Lipinski definition) is 50. The van der Waals surface area contributed by atoms with Crippen molar-refractivity contribution in [1.82, 2.24) is 15.0 Å². The Morgan fingerprint density at radius 3 is 1.08 bits per heavy atom. The number of ether oxygens (including phenoxy) is 9. The van der Waals surface area contributed by atoms with Crippen LogP contribution in [0.2, 0.25) is 0 Å². The summed E-state index contributed by atoms with van der Waals surface area (Å²) < 4.78 is 566. The topological polar surface area (TPSA) is 941 Å². The molecule has 5 heterocycles. The fraction of sp³-hybridized carbons (Fsp3) is 0.965. The molecular weight excluding hydrogens is 2120 g/mol. The third kappa shape index (κ3) is 34.7. The van der Waals surface area contributed by atoms with E-state index in [1.54, 1.807) is 0 Å². The zero-order valence-electron chi connectivity index (χ0n) is 69.4. The van der Waals surface area contributed by atoms with Crippen molar-refractivity contribution in [3.8, 4) is 0 Å². The Labute approximate surface area is 768 Å². The second kappa shape index (κ2) is 44.0. The summed E-state index contributed by atoms with van der Waals surface area (Å²) in [4.78, 5) is 0. The molecule has 0 amide bonds. The van der Waals surface area contributed by atoms with Crippen LogP contribution in [-0.4, -0.2) is 346 Å². The highest BCUT2D eigenvalue weighted by atomic mass is 32.3. The lowest BCUT2D eigenvalue weighted by Gasteiger charge is -2.61. The van der Waals surface area contributed by atoms with Crippen LogP contribution in [0.5, 0.6) is 0 Å². The lowest BCUT2D eigenvalue weighted by atomic mass is 9.44. The van der Waals surface area contributed by atoms with E-state index in [0.717, 1.165) is 38.5 Å². The van der Waals surface area contributed by atoms with E-state index < -0.39 is 291 Å². The first-order chi connectivity index (χ1) is 60.9. The van der Waals surface area contributed by atoms with Gasteiger partial charge in [0.15, 0.2) is 49.6 Å². The van der Waals surface area contributed by atoms with Crippen molar-refractivity contribution in [2.24, 2.45) is 52.3 Å². The highest BCUT2D eigenvalue weighted by molar-refractivity contribution is 7.83. The standard InChI is InChI=1S/C57H97N3O61S13/c1-27(2)8-6-9-28(3)33-12-13-34-32-11-10-29-20-31(14-16-56(29,4)35(32)15-17-57(33,34)5)101-22-30-21-60(59-58-30)18-7-19-100-52-48(118-131(88,89)90)44(114-127(76,77)78)40(36(106-52)23-102-122(61,62)63)110-53-49(119-132(91,92)93)45(115-128(79,80)81)41(37(107-53)24-103-123(64,65)66)111-54-50(120-133(94,95)96)46(116-129(82,83)84)42(38(108-54)25-104-124(67,68)69)112-55-51(121-134(97,98)99)47(117-130(85,86)87)43(113-126(73,74)75)39(109-55)26-105-125(70,71)72/h21,27-29,31-55H,6-20,22-26H2,1-5H3,(H,61,62,63)(H,64,65,66)(H,67,68,69)(H,70,71,72)(H,73,74,75)(H,76,77,78)(H,79,80,81)(H,82,83,84)(H,85,86,87)(H,88,89,90)(H,91,92,93)(H,94,95,96)(H,97,98,99)/t28-,29+,31+,32+,33-,34+,35+,36-,37-,38-,39-,40-,41-,42-,43-,44+,45+,46+,47+,48-,49-,50-,51-,52-,53-,54-,55-,56+,57-/m1/s1. The number of hydrogen-bond donors (Lipinski definition) is 13. The average molecular weight is 2220 g/mol. The van der Waals surface area contributed by atoms with Crippen molar-refractivity contribution in [2.75, 3.05) is 33.0 Å². The first kappa shape index (κ1) is 115. The number of aryl methyl sites for hydroxylation is 1. The first-order valence-electron chi connectivity index (χ1n) is 39.0. The zero-order valence-corrected chi connectivity index (χ0v) is 80.1. The molecule has 4 aliphatic carbocycles. The van der Waals surface area contributed by atoms with Crippen molar-refractivity contribution in [3.05, 3.63) is 11.9 Å². The summed E-state index contributed by atoms with van der Waals surface area (Å²) >= 11 is 0. The van der Waals surface area contributed by atoms with Gasteiger partial charge in [0, 0.05) is 6.54 Å². The normalized spacial score (nSPS) is 35.2. The molecule has 9 rings (SSSR count). The molecule has 0 unspecified atom stereocenters. The van der Waals surface area contributed by atoms with Gasteiger partial charge in [0.25, 0.3) is 0 Å². The van der Waals surface area contributed by atoms with Crippen LogP contribution >= 0.6 is 0 Å². The van der Waals surface area contributed by atoms with Crippen LogP contribution in [0, 0.1) is 52.3 Å². The van der Waals surface area contributed by atoms with E-state index in [2.05, 4.69) is 99.3 Å². The highest BCUT2D eigenvalue weighted by Crippen LogP contribution is 2.69. The second-order valence-corrected chi connectivity index (χ2v) is 46.6. The molecule has 0 bridgehead atoms. The number of rotatable bonds is 49. The van der Waals surface area contributed by atoms with Crippen LogP contribution in [0.4, 0.5) is 0 Å². The molecule has 4 saturated heterocycles. The fourth-order valence-corrected chi connectivity index (χ4v) is 24.5. The van der Waals surface area contributed by atoms with Gasteiger partial charge in [-0.3, -0.25) is 63.9 Å². The van der Waals surface area contributed by atoms with E-state index in [4.69, 9.17) is 42.6 Å². The van der Waals surface area contributed by atoms with Gasteiger partial charge in [0.1, 0.15) is 78.9 Å². The smallest absolute Gasteiger partial charge is 0.372 e. The number of aromatic nitrogens is 3. The van der Waals surface area contributed by atoms with Crippen molar-refractivity contribution in [1.29, 1.82) is 0 Å². The van der Waals surface area contributed by atoms with Gasteiger partial charge in [-0.15, -0.1) is 5.10 Å². The SMILES string of the molecule is CC(C)CCC[C@@H](C)[C@H]1CC[C@H]2[C@@H]3CC[C@H]4C[C@@H](OCc5cn(CCCO[C@@H]6O[C@H](COS(=O)(=O)O)[C@@H](O[C@H]7O[C@H](COS(=O)(=O)O)[C@@H](O[C@H]8O[C@H](COS(=O)(=O)O)[C@@H](O[C@H]9O[C@H](COS(=O)(=O)O)[C@@H](OS(=O)(=O)O)[C@H](OS(=O)(=O)O)[C@H]9OS(=O)(=O)O)[C@H](OS(=O)(=O)O)[C@H]8OS(=O)(=O)O)[C@H](OS(=O)(=O)O)[C@H]7OS(=O)(=O)O)[C@H](OS(=O)(=O)O)[C@H]6OS(=O)(=O)O)nn5)CC[C@]4(C)[C@H]3CC[C@]12C. The molecule has 77 heteroatoms. The molecule has 13 N–H and O–H groups in total. The minimum absolute atomic E-state index is 0.0266. The monoisotopic (exact) mass is 2220 g/mol. The van der Waals surface area contributed by atoms with Gasteiger partial charge < -0.3 is 42.6 Å². The predicted octanol–water partition coefficient (Wildman–Crippen LogP) is -3.28. The first-order valence-corrected chi connectivity index (χ1v) is 56.7. The Hall–Kier alpha value is -2.91. The summed E-state index contributed by atoms with van der Waals surface area (Å²) in [6.07, 6.45) is -57.0. The van der Waals surface area contributed by atoms with Crippen LogP contribution in [-0.2, 0) is 245 Å². The molecule has 1 aromatic rings. The van der Waals surface area contributed by atoms with Gasteiger partial charge in [-0.05, 0) is 116 Å². The molecule has 784 valence electrons. The van der Waals surface area contributed by atoms with Crippen LogP contribution < -0.4 is 0 Å². The highest BCUT2D eigenvalue weighted by Gasteiger charge is 2.65. The maximum atomic E-state index is 13.2. The molecule has 8 fully saturated rings. The maximum absolute atomic E-state index is 13.2. The zero-order chi connectivity index (χ0) is 101. The summed E-state index contributed by atoms with van der Waals surface area (Å²) in [6.45, 7) is 1.82. The van der Waals surface area contributed by atoms with E-state index in [0.29, 0.717) is 52.5 Å². The Kier molecular flexibility index (Phi) is 37.6. The quantitative estimate of drug-likeness (QED) is 0.0225. The fourth-order valence-electron chi connectivity index (χ4n) is 18.9. The molecule has 8 aliphatic rings. The van der Waals surface area contributed by atoms with E-state index in [1.807, 2.05) is 0 Å². The van der Waals surface area contributed by atoms with Crippen molar-refractivity contribution >= 4 is 135 Å². The summed E-state index contributed by atoms with van der Waals surface area (Å²) in [5.74, 6) is 4.24. The Balaban J connectivity index is 1.04. The molecule has 134 heavy (non-hydrogen) atoms.